The van der Waals surface area contributed by atoms with Gasteiger partial charge in [0, 0.05) is 10.9 Å². The Morgan fingerprint density at radius 1 is 0.966 bits per heavy atom. The molecule has 0 fully saturated rings. The number of carbonyl (C=O) groups is 2. The average molecular weight is 408 g/mol. The molecule has 0 aliphatic heterocycles. The Hall–Kier alpha value is -3.31. The van der Waals surface area contributed by atoms with Crippen LogP contribution in [-0.2, 0) is 9.53 Å². The number of nitrogens with one attached hydrogen (secondary N) is 1. The van der Waals surface area contributed by atoms with E-state index in [9.17, 15) is 14.7 Å². The summed E-state index contributed by atoms with van der Waals surface area (Å²) in [4.78, 5) is 24.0. The molecule has 0 saturated carbocycles. The third-order valence-corrected chi connectivity index (χ3v) is 5.27. The van der Waals surface area contributed by atoms with Crippen LogP contribution in [-0.4, -0.2) is 23.8 Å². The SMILES string of the molecule is O=C(NC(C(=O)O)c1cccc(Cl)c1)OCC1c2ccccc2-c2ccccc21. The van der Waals surface area contributed by atoms with Gasteiger partial charge in [-0.3, -0.25) is 0 Å². The van der Waals surface area contributed by atoms with Crippen molar-refractivity contribution in [3.05, 3.63) is 94.5 Å². The van der Waals surface area contributed by atoms with Gasteiger partial charge in [-0.1, -0.05) is 72.3 Å². The highest BCUT2D eigenvalue weighted by Crippen LogP contribution is 2.44. The first-order chi connectivity index (χ1) is 14.0. The molecule has 2 N–H and O–H groups in total. The van der Waals surface area contributed by atoms with E-state index in [1.54, 1.807) is 18.2 Å². The minimum Gasteiger partial charge on any atom is -0.479 e. The number of hydrogen-bond donors (Lipinski definition) is 2. The molecular formula is C23H18ClNO4. The van der Waals surface area contributed by atoms with Crippen LogP contribution in [0.5, 0.6) is 0 Å². The molecule has 1 amide bonds. The number of fused-ring (bicyclic) bond motifs is 3. The van der Waals surface area contributed by atoms with Crippen LogP contribution in [0.3, 0.4) is 0 Å². The molecule has 3 aromatic carbocycles. The van der Waals surface area contributed by atoms with Crippen LogP contribution in [0.15, 0.2) is 72.8 Å². The van der Waals surface area contributed by atoms with E-state index >= 15 is 0 Å². The Morgan fingerprint density at radius 2 is 1.59 bits per heavy atom. The fraction of sp³-hybridized carbons (Fsp3) is 0.130. The first-order valence-corrected chi connectivity index (χ1v) is 9.52. The van der Waals surface area contributed by atoms with Gasteiger partial charge in [-0.25, -0.2) is 9.59 Å². The number of halogens is 1. The quantitative estimate of drug-likeness (QED) is 0.623. The largest absolute Gasteiger partial charge is 0.479 e. The van der Waals surface area contributed by atoms with Crippen LogP contribution in [0.1, 0.15) is 28.7 Å². The summed E-state index contributed by atoms with van der Waals surface area (Å²) in [5.41, 5.74) is 4.80. The highest BCUT2D eigenvalue weighted by molar-refractivity contribution is 6.30. The van der Waals surface area contributed by atoms with Crippen molar-refractivity contribution in [3.8, 4) is 11.1 Å². The maximum Gasteiger partial charge on any atom is 0.408 e. The molecule has 146 valence electrons. The van der Waals surface area contributed by atoms with Gasteiger partial charge in [-0.05, 0) is 39.9 Å². The molecule has 1 atom stereocenters. The van der Waals surface area contributed by atoms with Gasteiger partial charge in [0.1, 0.15) is 6.61 Å². The van der Waals surface area contributed by atoms with Crippen molar-refractivity contribution >= 4 is 23.7 Å². The lowest BCUT2D eigenvalue weighted by molar-refractivity contribution is -0.139. The molecule has 29 heavy (non-hydrogen) atoms. The molecule has 3 aromatic rings. The Bertz CT molecular complexity index is 1040. The number of rotatable bonds is 5. The van der Waals surface area contributed by atoms with Crippen molar-refractivity contribution in [3.63, 3.8) is 0 Å². The second kappa shape index (κ2) is 7.97. The zero-order valence-electron chi connectivity index (χ0n) is 15.3. The van der Waals surface area contributed by atoms with Gasteiger partial charge < -0.3 is 15.2 Å². The first-order valence-electron chi connectivity index (χ1n) is 9.14. The number of hydrogen-bond acceptors (Lipinski definition) is 3. The van der Waals surface area contributed by atoms with E-state index in [0.717, 1.165) is 22.3 Å². The lowest BCUT2D eigenvalue weighted by Crippen LogP contribution is -2.34. The molecule has 0 heterocycles. The van der Waals surface area contributed by atoms with Crippen LogP contribution in [0.4, 0.5) is 4.79 Å². The summed E-state index contributed by atoms with van der Waals surface area (Å²) < 4.78 is 5.43. The Balaban J connectivity index is 1.49. The molecule has 0 saturated heterocycles. The molecule has 4 rings (SSSR count). The molecule has 6 heteroatoms. The maximum atomic E-state index is 12.4. The van der Waals surface area contributed by atoms with E-state index in [0.29, 0.717) is 10.6 Å². The Labute approximate surface area is 172 Å². The van der Waals surface area contributed by atoms with Gasteiger partial charge >= 0.3 is 12.1 Å². The van der Waals surface area contributed by atoms with Crippen LogP contribution in [0.25, 0.3) is 11.1 Å². The normalized spacial score (nSPS) is 13.3. The summed E-state index contributed by atoms with van der Waals surface area (Å²) in [5.74, 6) is -1.29. The average Bonchev–Trinajstić information content (AvgIpc) is 3.04. The van der Waals surface area contributed by atoms with Gasteiger partial charge in [0.2, 0.25) is 0 Å². The topological polar surface area (TPSA) is 75.6 Å². The molecule has 5 nitrogen and oxygen atoms in total. The highest BCUT2D eigenvalue weighted by Gasteiger charge is 2.30. The number of amides is 1. The standard InChI is InChI=1S/C23H18ClNO4/c24-15-7-5-6-14(12-15)21(22(26)27)25-23(28)29-13-20-18-10-3-1-8-16(18)17-9-2-4-11-19(17)20/h1-12,20-21H,13H2,(H,25,28)(H,26,27). The molecule has 0 radical (unpaired) electrons. The lowest BCUT2D eigenvalue weighted by Gasteiger charge is -2.18. The fourth-order valence-electron chi connectivity index (χ4n) is 3.73. The summed E-state index contributed by atoms with van der Waals surface area (Å²) in [5, 5.41) is 12.3. The van der Waals surface area contributed by atoms with Gasteiger partial charge in [0.05, 0.1) is 0 Å². The van der Waals surface area contributed by atoms with Crippen molar-refractivity contribution in [2.24, 2.45) is 0 Å². The van der Waals surface area contributed by atoms with Crippen molar-refractivity contribution in [2.45, 2.75) is 12.0 Å². The number of aliphatic carboxylic acids is 1. The van der Waals surface area contributed by atoms with Crippen LogP contribution in [0, 0.1) is 0 Å². The number of carbonyl (C=O) groups excluding carboxylic acids is 1. The van der Waals surface area contributed by atoms with E-state index < -0.39 is 18.1 Å². The molecule has 0 bridgehead atoms. The molecular weight excluding hydrogens is 390 g/mol. The zero-order valence-corrected chi connectivity index (χ0v) is 16.1. The summed E-state index contributed by atoms with van der Waals surface area (Å²) in [6, 6.07) is 21.1. The number of carboxylic acids is 1. The third kappa shape index (κ3) is 3.82. The van der Waals surface area contributed by atoms with Gasteiger partial charge in [0.15, 0.2) is 6.04 Å². The fourth-order valence-corrected chi connectivity index (χ4v) is 3.93. The summed E-state index contributed by atoms with van der Waals surface area (Å²) >= 11 is 5.94. The van der Waals surface area contributed by atoms with Crippen molar-refractivity contribution < 1.29 is 19.4 Å². The summed E-state index contributed by atoms with van der Waals surface area (Å²) in [6.07, 6.45) is -0.792. The van der Waals surface area contributed by atoms with E-state index in [4.69, 9.17) is 16.3 Å². The first kappa shape index (κ1) is 19.0. The van der Waals surface area contributed by atoms with E-state index in [2.05, 4.69) is 5.32 Å². The molecule has 1 aliphatic carbocycles. The highest BCUT2D eigenvalue weighted by atomic mass is 35.5. The van der Waals surface area contributed by atoms with Crippen LogP contribution < -0.4 is 5.32 Å². The minimum absolute atomic E-state index is 0.0948. The number of carboxylic acid groups (broad SMARTS) is 1. The molecule has 1 aliphatic rings. The lowest BCUT2D eigenvalue weighted by atomic mass is 9.98. The van der Waals surface area contributed by atoms with Crippen molar-refractivity contribution in [1.82, 2.24) is 5.32 Å². The maximum absolute atomic E-state index is 12.4. The van der Waals surface area contributed by atoms with E-state index in [-0.39, 0.29) is 12.5 Å². The zero-order chi connectivity index (χ0) is 20.4. The minimum atomic E-state index is -1.25. The van der Waals surface area contributed by atoms with Crippen LogP contribution in [0.2, 0.25) is 5.02 Å². The van der Waals surface area contributed by atoms with Gasteiger partial charge in [-0.15, -0.1) is 0 Å². The van der Waals surface area contributed by atoms with E-state index in [1.807, 2.05) is 48.5 Å². The molecule has 1 unspecified atom stereocenters. The second-order valence-corrected chi connectivity index (χ2v) is 7.23. The summed E-state index contributed by atoms with van der Waals surface area (Å²) in [7, 11) is 0. The van der Waals surface area contributed by atoms with E-state index in [1.165, 1.54) is 6.07 Å². The number of benzene rings is 3. The smallest absolute Gasteiger partial charge is 0.408 e. The predicted octanol–water partition coefficient (Wildman–Crippen LogP) is 5.00. The van der Waals surface area contributed by atoms with Gasteiger partial charge in [-0.2, -0.15) is 0 Å². The van der Waals surface area contributed by atoms with Crippen molar-refractivity contribution in [2.75, 3.05) is 6.61 Å². The Morgan fingerprint density at radius 3 is 2.17 bits per heavy atom. The summed E-state index contributed by atoms with van der Waals surface area (Å²) in [6.45, 7) is 0.113. The number of ether oxygens (including phenoxy) is 1. The molecule has 0 spiro atoms. The Kier molecular flexibility index (Phi) is 5.23. The monoisotopic (exact) mass is 407 g/mol. The second-order valence-electron chi connectivity index (χ2n) is 6.80. The predicted molar refractivity (Wildman–Crippen MR) is 110 cm³/mol. The number of alkyl carbamates (subject to hydrolysis) is 1. The third-order valence-electron chi connectivity index (χ3n) is 5.03. The van der Waals surface area contributed by atoms with Crippen molar-refractivity contribution in [1.29, 1.82) is 0 Å². The van der Waals surface area contributed by atoms with Gasteiger partial charge in [0.25, 0.3) is 0 Å². The molecule has 0 aromatic heterocycles. The van der Waals surface area contributed by atoms with Crippen LogP contribution >= 0.6 is 11.6 Å².